The first kappa shape index (κ1) is 13.9. The van der Waals surface area contributed by atoms with Gasteiger partial charge in [-0.25, -0.2) is 0 Å². The minimum Gasteiger partial charge on any atom is -0.397 e. The zero-order valence-electron chi connectivity index (χ0n) is 12.1. The third-order valence-corrected chi connectivity index (χ3v) is 3.88. The zero-order valence-corrected chi connectivity index (χ0v) is 12.1. The van der Waals surface area contributed by atoms with Gasteiger partial charge >= 0.3 is 0 Å². The van der Waals surface area contributed by atoms with Gasteiger partial charge in [-0.2, -0.15) is 0 Å². The Morgan fingerprint density at radius 3 is 2.19 bits per heavy atom. The highest BCUT2D eigenvalue weighted by atomic mass is 16.5. The van der Waals surface area contributed by atoms with Crippen LogP contribution >= 0.6 is 0 Å². The van der Waals surface area contributed by atoms with E-state index in [1.54, 1.807) is 0 Å². The number of ether oxygens (including phenoxy) is 1. The maximum absolute atomic E-state index is 5.87. The van der Waals surface area contributed by atoms with Gasteiger partial charge in [0.2, 0.25) is 0 Å². The van der Waals surface area contributed by atoms with Crippen LogP contribution in [0.4, 0.5) is 11.4 Å². The molecule has 1 heterocycles. The van der Waals surface area contributed by atoms with Gasteiger partial charge in [0, 0.05) is 19.6 Å². The molecule has 0 amide bonds. The first-order valence-electron chi connectivity index (χ1n) is 7.27. The fourth-order valence-corrected chi connectivity index (χ4v) is 2.57. The third-order valence-electron chi connectivity index (χ3n) is 3.88. The Bertz CT molecular complexity index is 604. The van der Waals surface area contributed by atoms with Crippen LogP contribution in [0.25, 0.3) is 11.1 Å². The van der Waals surface area contributed by atoms with Crippen LogP contribution in [0, 0.1) is 0 Å². The van der Waals surface area contributed by atoms with E-state index in [9.17, 15) is 0 Å². The molecule has 0 radical (unpaired) electrons. The Balaban J connectivity index is 1.72. The average molecular weight is 283 g/mol. The van der Waals surface area contributed by atoms with Gasteiger partial charge in [0.1, 0.15) is 0 Å². The van der Waals surface area contributed by atoms with Crippen LogP contribution in [0.1, 0.15) is 5.56 Å². The number of rotatable bonds is 3. The Morgan fingerprint density at radius 1 is 0.857 bits per heavy atom. The predicted molar refractivity (Wildman–Crippen MR) is 86.8 cm³/mol. The first-order chi connectivity index (χ1) is 10.2. The minimum atomic E-state index is 0.627. The Morgan fingerprint density at radius 2 is 1.52 bits per heavy atom. The summed E-state index contributed by atoms with van der Waals surface area (Å²) in [4.78, 5) is 2.42. The molecule has 1 fully saturated rings. The van der Waals surface area contributed by atoms with E-state index in [0.29, 0.717) is 11.4 Å². The van der Waals surface area contributed by atoms with Gasteiger partial charge in [-0.1, -0.05) is 30.3 Å². The second kappa shape index (κ2) is 6.16. The lowest BCUT2D eigenvalue weighted by molar-refractivity contribution is 0.0342. The lowest BCUT2D eigenvalue weighted by atomic mass is 10.0. The molecule has 0 spiro atoms. The highest BCUT2D eigenvalue weighted by molar-refractivity contribution is 5.74. The molecule has 1 saturated heterocycles. The molecule has 0 bridgehead atoms. The molecule has 4 nitrogen and oxygen atoms in total. The second-order valence-electron chi connectivity index (χ2n) is 5.43. The summed E-state index contributed by atoms with van der Waals surface area (Å²) in [6, 6.07) is 14.4. The summed E-state index contributed by atoms with van der Waals surface area (Å²) in [6.07, 6.45) is 0. The molecule has 4 heteroatoms. The van der Waals surface area contributed by atoms with Gasteiger partial charge in [0.25, 0.3) is 0 Å². The van der Waals surface area contributed by atoms with Crippen molar-refractivity contribution in [1.82, 2.24) is 4.90 Å². The summed E-state index contributed by atoms with van der Waals surface area (Å²) in [6.45, 7) is 4.67. The summed E-state index contributed by atoms with van der Waals surface area (Å²) in [5.74, 6) is 0. The van der Waals surface area contributed by atoms with Crippen molar-refractivity contribution >= 4 is 11.4 Å². The highest BCUT2D eigenvalue weighted by Gasteiger charge is 2.10. The Kier molecular flexibility index (Phi) is 4.08. The van der Waals surface area contributed by atoms with Crippen molar-refractivity contribution in [1.29, 1.82) is 0 Å². The number of nitrogens with zero attached hydrogens (tertiary/aromatic N) is 1. The van der Waals surface area contributed by atoms with Crippen molar-refractivity contribution in [3.8, 4) is 11.1 Å². The SMILES string of the molecule is Nc1ccc(-c2ccc(CN3CCOCC3)cc2)cc1N. The summed E-state index contributed by atoms with van der Waals surface area (Å²) in [5.41, 5.74) is 16.5. The van der Waals surface area contributed by atoms with Crippen LogP contribution in [0.3, 0.4) is 0 Å². The molecule has 2 aromatic rings. The van der Waals surface area contributed by atoms with Crippen LogP contribution < -0.4 is 11.5 Å². The van der Waals surface area contributed by atoms with Gasteiger partial charge in [-0.15, -0.1) is 0 Å². The highest BCUT2D eigenvalue weighted by Crippen LogP contribution is 2.25. The van der Waals surface area contributed by atoms with Gasteiger partial charge in [0.15, 0.2) is 0 Å². The standard InChI is InChI=1S/C17H21N3O/c18-16-6-5-15(11-17(16)19)14-3-1-13(2-4-14)12-20-7-9-21-10-8-20/h1-6,11H,7-10,12,18-19H2. The summed E-state index contributed by atoms with van der Waals surface area (Å²) in [7, 11) is 0. The van der Waals surface area contributed by atoms with E-state index in [-0.39, 0.29) is 0 Å². The molecule has 1 aliphatic heterocycles. The third kappa shape index (κ3) is 3.35. The van der Waals surface area contributed by atoms with Crippen molar-refractivity contribution in [2.45, 2.75) is 6.54 Å². The molecule has 110 valence electrons. The van der Waals surface area contributed by atoms with Crippen molar-refractivity contribution in [3.63, 3.8) is 0 Å². The van der Waals surface area contributed by atoms with Crippen molar-refractivity contribution in [2.75, 3.05) is 37.8 Å². The number of benzene rings is 2. The molecule has 0 aliphatic carbocycles. The normalized spacial score (nSPS) is 16.0. The van der Waals surface area contributed by atoms with Gasteiger partial charge in [0.05, 0.1) is 24.6 Å². The van der Waals surface area contributed by atoms with Crippen LogP contribution in [0.2, 0.25) is 0 Å². The second-order valence-corrected chi connectivity index (χ2v) is 5.43. The Hall–Kier alpha value is -2.04. The molecule has 4 N–H and O–H groups in total. The summed E-state index contributed by atoms with van der Waals surface area (Å²) >= 11 is 0. The van der Waals surface area contributed by atoms with E-state index >= 15 is 0 Å². The maximum atomic E-state index is 5.87. The fraction of sp³-hybridized carbons (Fsp3) is 0.294. The van der Waals surface area contributed by atoms with E-state index in [4.69, 9.17) is 16.2 Å². The number of anilines is 2. The molecule has 3 rings (SSSR count). The number of nitrogen functional groups attached to an aromatic ring is 2. The predicted octanol–water partition coefficient (Wildman–Crippen LogP) is 2.35. The summed E-state index contributed by atoms with van der Waals surface area (Å²) in [5, 5.41) is 0. The van der Waals surface area contributed by atoms with Crippen molar-refractivity contribution in [3.05, 3.63) is 48.0 Å². The number of hydrogen-bond acceptors (Lipinski definition) is 4. The van der Waals surface area contributed by atoms with Crippen LogP contribution in [0.5, 0.6) is 0 Å². The van der Waals surface area contributed by atoms with E-state index in [1.807, 2.05) is 18.2 Å². The molecule has 0 aromatic heterocycles. The zero-order chi connectivity index (χ0) is 14.7. The summed E-state index contributed by atoms with van der Waals surface area (Å²) < 4.78 is 5.37. The fourth-order valence-electron chi connectivity index (χ4n) is 2.57. The van der Waals surface area contributed by atoms with E-state index in [1.165, 1.54) is 5.56 Å². The maximum Gasteiger partial charge on any atom is 0.0594 e. The molecule has 0 atom stereocenters. The molecular formula is C17H21N3O. The van der Waals surface area contributed by atoms with Gasteiger partial charge in [-0.05, 0) is 28.8 Å². The molecule has 2 aromatic carbocycles. The monoisotopic (exact) mass is 283 g/mol. The van der Waals surface area contributed by atoms with Crippen LogP contribution in [0.15, 0.2) is 42.5 Å². The first-order valence-corrected chi connectivity index (χ1v) is 7.27. The van der Waals surface area contributed by atoms with Crippen molar-refractivity contribution in [2.24, 2.45) is 0 Å². The quantitative estimate of drug-likeness (QED) is 0.849. The van der Waals surface area contributed by atoms with Gasteiger partial charge < -0.3 is 16.2 Å². The molecule has 1 aliphatic rings. The smallest absolute Gasteiger partial charge is 0.0594 e. The molecule has 0 unspecified atom stereocenters. The minimum absolute atomic E-state index is 0.627. The molecule has 0 saturated carbocycles. The van der Waals surface area contributed by atoms with Crippen molar-refractivity contribution < 1.29 is 4.74 Å². The lowest BCUT2D eigenvalue weighted by Gasteiger charge is -2.26. The average Bonchev–Trinajstić information content (AvgIpc) is 2.52. The van der Waals surface area contributed by atoms with E-state index in [2.05, 4.69) is 29.2 Å². The van der Waals surface area contributed by atoms with Gasteiger partial charge in [-0.3, -0.25) is 4.90 Å². The molecule has 21 heavy (non-hydrogen) atoms. The molecular weight excluding hydrogens is 262 g/mol. The Labute approximate surface area is 125 Å². The largest absolute Gasteiger partial charge is 0.397 e. The number of nitrogens with two attached hydrogens (primary N) is 2. The topological polar surface area (TPSA) is 64.5 Å². The van der Waals surface area contributed by atoms with Crippen LogP contribution in [-0.4, -0.2) is 31.2 Å². The van der Waals surface area contributed by atoms with Crippen LogP contribution in [-0.2, 0) is 11.3 Å². The van der Waals surface area contributed by atoms with E-state index in [0.717, 1.165) is 44.0 Å². The lowest BCUT2D eigenvalue weighted by Crippen LogP contribution is -2.35. The number of morpholine rings is 1. The van der Waals surface area contributed by atoms with E-state index < -0.39 is 0 Å². The number of hydrogen-bond donors (Lipinski definition) is 2.